The molecule has 0 bridgehead atoms. The number of aromatic carboxylic acids is 1. The Kier molecular flexibility index (Phi) is 3.53. The highest BCUT2D eigenvalue weighted by Gasteiger charge is 2.10. The van der Waals surface area contributed by atoms with Gasteiger partial charge in [0.15, 0.2) is 5.43 Å². The normalized spacial score (nSPS) is 9.65. The van der Waals surface area contributed by atoms with Crippen molar-refractivity contribution >= 4 is 22.9 Å². The number of esters is 1. The number of ether oxygens (including phenoxy) is 1. The second kappa shape index (κ2) is 5.28. The SMILES string of the molecule is COC(=O)C#Cc1ccc2oc(C(=O)O)cc(=O)c2c1. The van der Waals surface area contributed by atoms with Crippen molar-refractivity contribution in [3.63, 3.8) is 0 Å². The summed E-state index contributed by atoms with van der Waals surface area (Å²) < 4.78 is 9.43. The van der Waals surface area contributed by atoms with Crippen molar-refractivity contribution in [1.82, 2.24) is 0 Å². The Morgan fingerprint density at radius 3 is 2.70 bits per heavy atom. The highest BCUT2D eigenvalue weighted by molar-refractivity contribution is 5.90. The van der Waals surface area contributed by atoms with Crippen LogP contribution in [0, 0.1) is 11.8 Å². The molecular weight excluding hydrogens is 264 g/mol. The highest BCUT2D eigenvalue weighted by atomic mass is 16.5. The smallest absolute Gasteiger partial charge is 0.384 e. The van der Waals surface area contributed by atoms with Crippen LogP contribution in [0.1, 0.15) is 16.1 Å². The first kappa shape index (κ1) is 13.4. The number of carbonyl (C=O) groups is 2. The third-order valence-corrected chi connectivity index (χ3v) is 2.43. The van der Waals surface area contributed by atoms with Crippen molar-refractivity contribution in [3.05, 3.63) is 45.8 Å². The number of methoxy groups -OCH3 is 1. The lowest BCUT2D eigenvalue weighted by Crippen LogP contribution is -2.06. The van der Waals surface area contributed by atoms with Crippen LogP contribution in [0.4, 0.5) is 0 Å². The summed E-state index contributed by atoms with van der Waals surface area (Å²) in [5, 5.41) is 8.98. The van der Waals surface area contributed by atoms with Gasteiger partial charge < -0.3 is 14.3 Å². The first-order chi connectivity index (χ1) is 9.51. The van der Waals surface area contributed by atoms with Gasteiger partial charge in [-0.1, -0.05) is 5.92 Å². The molecule has 6 nitrogen and oxygen atoms in total. The van der Waals surface area contributed by atoms with Crippen LogP contribution in [-0.2, 0) is 9.53 Å². The van der Waals surface area contributed by atoms with Crippen molar-refractivity contribution in [2.45, 2.75) is 0 Å². The number of hydrogen-bond donors (Lipinski definition) is 1. The number of carboxylic acid groups (broad SMARTS) is 1. The molecule has 1 aromatic heterocycles. The molecule has 0 saturated heterocycles. The van der Waals surface area contributed by atoms with E-state index in [1.165, 1.54) is 25.3 Å². The molecule has 6 heteroatoms. The summed E-state index contributed by atoms with van der Waals surface area (Å²) >= 11 is 0. The fourth-order valence-corrected chi connectivity index (χ4v) is 1.51. The predicted molar refractivity (Wildman–Crippen MR) is 68.3 cm³/mol. The fourth-order valence-electron chi connectivity index (χ4n) is 1.51. The first-order valence-electron chi connectivity index (χ1n) is 5.42. The summed E-state index contributed by atoms with van der Waals surface area (Å²) in [5.41, 5.74) is 0.0576. The minimum absolute atomic E-state index is 0.138. The molecule has 0 spiro atoms. The predicted octanol–water partition coefficient (Wildman–Crippen LogP) is 1.02. The summed E-state index contributed by atoms with van der Waals surface area (Å²) in [5.74, 6) is 2.30. The zero-order chi connectivity index (χ0) is 14.7. The average molecular weight is 272 g/mol. The Labute approximate surface area is 112 Å². The molecule has 0 aliphatic carbocycles. The molecule has 100 valence electrons. The molecule has 20 heavy (non-hydrogen) atoms. The van der Waals surface area contributed by atoms with E-state index in [2.05, 4.69) is 16.6 Å². The zero-order valence-electron chi connectivity index (χ0n) is 10.3. The maximum absolute atomic E-state index is 11.8. The summed E-state index contributed by atoms with van der Waals surface area (Å²) in [4.78, 5) is 33.4. The molecule has 2 rings (SSSR count). The van der Waals surface area contributed by atoms with Crippen LogP contribution >= 0.6 is 0 Å². The van der Waals surface area contributed by atoms with Gasteiger partial charge in [0.2, 0.25) is 5.76 Å². The number of carboxylic acids is 1. The lowest BCUT2D eigenvalue weighted by atomic mass is 10.1. The van der Waals surface area contributed by atoms with Gasteiger partial charge in [-0.15, -0.1) is 0 Å². The topological polar surface area (TPSA) is 93.8 Å². The summed E-state index contributed by atoms with van der Waals surface area (Å²) in [7, 11) is 1.21. The minimum Gasteiger partial charge on any atom is -0.475 e. The summed E-state index contributed by atoms with van der Waals surface area (Å²) in [6.07, 6.45) is 0. The van der Waals surface area contributed by atoms with E-state index in [-0.39, 0.29) is 11.0 Å². The quantitative estimate of drug-likeness (QED) is 0.615. The van der Waals surface area contributed by atoms with E-state index in [0.717, 1.165) is 6.07 Å². The number of fused-ring (bicyclic) bond motifs is 1. The van der Waals surface area contributed by atoms with E-state index in [0.29, 0.717) is 5.56 Å². The molecule has 0 radical (unpaired) electrons. The van der Waals surface area contributed by atoms with E-state index in [9.17, 15) is 14.4 Å². The molecule has 0 amide bonds. The number of benzene rings is 1. The molecule has 0 aliphatic rings. The largest absolute Gasteiger partial charge is 0.475 e. The van der Waals surface area contributed by atoms with Crippen molar-refractivity contribution in [3.8, 4) is 11.8 Å². The zero-order valence-corrected chi connectivity index (χ0v) is 10.3. The van der Waals surface area contributed by atoms with Gasteiger partial charge in [-0.3, -0.25) is 4.79 Å². The lowest BCUT2D eigenvalue weighted by molar-refractivity contribution is -0.133. The van der Waals surface area contributed by atoms with Gasteiger partial charge in [-0.2, -0.15) is 0 Å². The second-order valence-corrected chi connectivity index (χ2v) is 3.73. The van der Waals surface area contributed by atoms with Gasteiger partial charge in [0.1, 0.15) is 5.58 Å². The van der Waals surface area contributed by atoms with Crippen molar-refractivity contribution in [1.29, 1.82) is 0 Å². The van der Waals surface area contributed by atoms with E-state index >= 15 is 0 Å². The van der Waals surface area contributed by atoms with Gasteiger partial charge in [0.25, 0.3) is 0 Å². The first-order valence-corrected chi connectivity index (χ1v) is 5.42. The molecular formula is C14H8O6. The van der Waals surface area contributed by atoms with Gasteiger partial charge in [0.05, 0.1) is 12.5 Å². The van der Waals surface area contributed by atoms with Crippen molar-refractivity contribution < 1.29 is 23.8 Å². The number of hydrogen-bond acceptors (Lipinski definition) is 5. The molecule has 2 aromatic rings. The fraction of sp³-hybridized carbons (Fsp3) is 0.0714. The Hall–Kier alpha value is -3.07. The van der Waals surface area contributed by atoms with Crippen molar-refractivity contribution in [2.75, 3.05) is 7.11 Å². The standard InChI is InChI=1S/C14H8O6/c1-19-13(16)5-3-8-2-4-11-9(6-8)10(15)7-12(20-11)14(17)18/h2,4,6-7H,1H3,(H,17,18). The molecule has 1 aromatic carbocycles. The Morgan fingerprint density at radius 1 is 1.30 bits per heavy atom. The molecule has 0 unspecified atom stereocenters. The third kappa shape index (κ3) is 2.67. The summed E-state index contributed by atoms with van der Waals surface area (Å²) in [6.45, 7) is 0. The van der Waals surface area contributed by atoms with Gasteiger partial charge >= 0.3 is 11.9 Å². The Bertz CT molecular complexity index is 819. The van der Waals surface area contributed by atoms with Crippen LogP contribution in [-0.4, -0.2) is 24.2 Å². The summed E-state index contributed by atoms with van der Waals surface area (Å²) in [6, 6.07) is 5.24. The molecule has 0 aliphatic heterocycles. The van der Waals surface area contributed by atoms with E-state index in [4.69, 9.17) is 9.52 Å². The van der Waals surface area contributed by atoms with Crippen LogP contribution in [0.5, 0.6) is 0 Å². The molecule has 1 N–H and O–H groups in total. The molecule has 0 atom stereocenters. The average Bonchev–Trinajstić information content (AvgIpc) is 2.44. The van der Waals surface area contributed by atoms with Gasteiger partial charge in [-0.25, -0.2) is 9.59 Å². The van der Waals surface area contributed by atoms with Gasteiger partial charge in [0, 0.05) is 17.6 Å². The Morgan fingerprint density at radius 2 is 2.05 bits per heavy atom. The van der Waals surface area contributed by atoms with Crippen LogP contribution in [0.2, 0.25) is 0 Å². The number of rotatable bonds is 1. The van der Waals surface area contributed by atoms with Crippen LogP contribution < -0.4 is 5.43 Å². The lowest BCUT2D eigenvalue weighted by Gasteiger charge is -1.99. The van der Waals surface area contributed by atoms with E-state index < -0.39 is 23.1 Å². The minimum atomic E-state index is -1.32. The van der Waals surface area contributed by atoms with E-state index in [1.54, 1.807) is 0 Å². The van der Waals surface area contributed by atoms with Crippen LogP contribution in [0.3, 0.4) is 0 Å². The molecule has 1 heterocycles. The molecule has 0 fully saturated rings. The maximum Gasteiger partial charge on any atom is 0.384 e. The second-order valence-electron chi connectivity index (χ2n) is 3.73. The van der Waals surface area contributed by atoms with E-state index in [1.807, 2.05) is 0 Å². The van der Waals surface area contributed by atoms with Crippen LogP contribution in [0.15, 0.2) is 33.5 Å². The van der Waals surface area contributed by atoms with Crippen molar-refractivity contribution in [2.24, 2.45) is 0 Å². The Balaban J connectivity index is 2.55. The third-order valence-electron chi connectivity index (χ3n) is 2.43. The number of carbonyl (C=O) groups excluding carboxylic acids is 1. The van der Waals surface area contributed by atoms with Crippen LogP contribution in [0.25, 0.3) is 11.0 Å². The maximum atomic E-state index is 11.8. The highest BCUT2D eigenvalue weighted by Crippen LogP contribution is 2.14. The molecule has 0 saturated carbocycles. The van der Waals surface area contributed by atoms with Gasteiger partial charge in [-0.05, 0) is 18.2 Å². The monoisotopic (exact) mass is 272 g/mol.